The molecule has 0 saturated heterocycles. The Balaban J connectivity index is 2.21. The summed E-state index contributed by atoms with van der Waals surface area (Å²) in [5, 5.41) is 0. The SMILES string of the molecule is COc1ccc(OC)c(C(=Nc2ccccc2)c2ccccc2)c1. The fourth-order valence-electron chi connectivity index (χ4n) is 2.51. The largest absolute Gasteiger partial charge is 0.497 e. The Hall–Kier alpha value is -3.07. The fourth-order valence-corrected chi connectivity index (χ4v) is 2.51. The minimum Gasteiger partial charge on any atom is -0.497 e. The Labute approximate surface area is 142 Å². The molecular weight excluding hydrogens is 298 g/mol. The van der Waals surface area contributed by atoms with E-state index in [1.165, 1.54) is 0 Å². The third-order valence-corrected chi connectivity index (χ3v) is 3.71. The molecule has 0 aliphatic carbocycles. The highest BCUT2D eigenvalue weighted by Crippen LogP contribution is 2.28. The predicted octanol–water partition coefficient (Wildman–Crippen LogP) is 4.87. The lowest BCUT2D eigenvalue weighted by Gasteiger charge is -2.13. The minimum atomic E-state index is 0.759. The normalized spacial score (nSPS) is 11.2. The maximum absolute atomic E-state index is 5.55. The van der Waals surface area contributed by atoms with Crippen molar-refractivity contribution >= 4 is 11.4 Å². The molecule has 3 aromatic carbocycles. The molecule has 120 valence electrons. The quantitative estimate of drug-likeness (QED) is 0.628. The van der Waals surface area contributed by atoms with Crippen molar-refractivity contribution in [3.63, 3.8) is 0 Å². The molecule has 0 heterocycles. The summed E-state index contributed by atoms with van der Waals surface area (Å²) in [7, 11) is 3.32. The van der Waals surface area contributed by atoms with Gasteiger partial charge in [-0.15, -0.1) is 0 Å². The van der Waals surface area contributed by atoms with Gasteiger partial charge in [0, 0.05) is 11.1 Å². The first-order valence-corrected chi connectivity index (χ1v) is 7.73. The van der Waals surface area contributed by atoms with E-state index in [0.717, 1.165) is 34.0 Å². The van der Waals surface area contributed by atoms with Crippen LogP contribution in [0.2, 0.25) is 0 Å². The number of aliphatic imine (C=N–C) groups is 1. The van der Waals surface area contributed by atoms with E-state index < -0.39 is 0 Å². The fraction of sp³-hybridized carbons (Fsp3) is 0.0952. The molecule has 0 atom stereocenters. The maximum Gasteiger partial charge on any atom is 0.128 e. The van der Waals surface area contributed by atoms with Gasteiger partial charge in [-0.3, -0.25) is 0 Å². The first-order valence-electron chi connectivity index (χ1n) is 7.73. The van der Waals surface area contributed by atoms with E-state index in [4.69, 9.17) is 14.5 Å². The van der Waals surface area contributed by atoms with Crippen LogP contribution in [0.5, 0.6) is 11.5 Å². The van der Waals surface area contributed by atoms with Crippen LogP contribution in [0.1, 0.15) is 11.1 Å². The summed E-state index contributed by atoms with van der Waals surface area (Å²) in [6, 6.07) is 25.7. The van der Waals surface area contributed by atoms with Gasteiger partial charge in [-0.25, -0.2) is 4.99 Å². The van der Waals surface area contributed by atoms with Crippen LogP contribution in [-0.4, -0.2) is 19.9 Å². The van der Waals surface area contributed by atoms with Crippen molar-refractivity contribution in [2.45, 2.75) is 0 Å². The number of hydrogen-bond donors (Lipinski definition) is 0. The summed E-state index contributed by atoms with van der Waals surface area (Å²) in [5.41, 5.74) is 3.65. The first-order chi connectivity index (χ1) is 11.8. The Morgan fingerprint density at radius 2 is 1.42 bits per heavy atom. The summed E-state index contributed by atoms with van der Waals surface area (Å²) >= 11 is 0. The summed E-state index contributed by atoms with van der Waals surface area (Å²) in [6.45, 7) is 0. The van der Waals surface area contributed by atoms with Crippen molar-refractivity contribution in [2.75, 3.05) is 14.2 Å². The average molecular weight is 317 g/mol. The summed E-state index contributed by atoms with van der Waals surface area (Å²) < 4.78 is 10.9. The highest BCUT2D eigenvalue weighted by molar-refractivity contribution is 6.15. The predicted molar refractivity (Wildman–Crippen MR) is 97.7 cm³/mol. The van der Waals surface area contributed by atoms with Crippen LogP contribution < -0.4 is 9.47 Å². The van der Waals surface area contributed by atoms with Crippen LogP contribution in [0.3, 0.4) is 0 Å². The highest BCUT2D eigenvalue weighted by Gasteiger charge is 2.14. The summed E-state index contributed by atoms with van der Waals surface area (Å²) in [6.07, 6.45) is 0. The van der Waals surface area contributed by atoms with E-state index in [-0.39, 0.29) is 0 Å². The molecule has 0 saturated carbocycles. The number of rotatable bonds is 5. The maximum atomic E-state index is 5.55. The third-order valence-electron chi connectivity index (χ3n) is 3.71. The van der Waals surface area contributed by atoms with Gasteiger partial charge in [0.15, 0.2) is 0 Å². The minimum absolute atomic E-state index is 0.759. The average Bonchev–Trinajstić information content (AvgIpc) is 2.67. The van der Waals surface area contributed by atoms with Crippen LogP contribution in [0.25, 0.3) is 0 Å². The molecule has 0 spiro atoms. The van der Waals surface area contributed by atoms with Crippen LogP contribution in [0, 0.1) is 0 Å². The zero-order chi connectivity index (χ0) is 16.8. The molecule has 3 nitrogen and oxygen atoms in total. The van der Waals surface area contributed by atoms with Crippen molar-refractivity contribution in [3.8, 4) is 11.5 Å². The van der Waals surface area contributed by atoms with Crippen molar-refractivity contribution in [2.24, 2.45) is 4.99 Å². The van der Waals surface area contributed by atoms with Crippen LogP contribution >= 0.6 is 0 Å². The Morgan fingerprint density at radius 1 is 0.750 bits per heavy atom. The molecule has 0 aliphatic heterocycles. The van der Waals surface area contributed by atoms with Gasteiger partial charge < -0.3 is 9.47 Å². The van der Waals surface area contributed by atoms with Crippen molar-refractivity contribution in [3.05, 3.63) is 90.0 Å². The molecule has 3 aromatic rings. The second-order valence-electron chi connectivity index (χ2n) is 5.23. The van der Waals surface area contributed by atoms with E-state index in [1.54, 1.807) is 14.2 Å². The molecule has 3 rings (SSSR count). The lowest BCUT2D eigenvalue weighted by Crippen LogP contribution is -2.06. The van der Waals surface area contributed by atoms with Crippen molar-refractivity contribution in [1.82, 2.24) is 0 Å². The monoisotopic (exact) mass is 317 g/mol. The molecule has 3 heteroatoms. The molecule has 0 fully saturated rings. The molecule has 0 aliphatic rings. The zero-order valence-corrected chi connectivity index (χ0v) is 13.8. The Bertz CT molecular complexity index is 827. The van der Waals surface area contributed by atoms with Gasteiger partial charge in [0.25, 0.3) is 0 Å². The Morgan fingerprint density at radius 3 is 2.04 bits per heavy atom. The second kappa shape index (κ2) is 7.47. The number of para-hydroxylation sites is 1. The lowest BCUT2D eigenvalue weighted by atomic mass is 10.0. The second-order valence-corrected chi connectivity index (χ2v) is 5.23. The van der Waals surface area contributed by atoms with E-state index in [1.807, 2.05) is 78.9 Å². The zero-order valence-electron chi connectivity index (χ0n) is 13.8. The van der Waals surface area contributed by atoms with E-state index in [0.29, 0.717) is 0 Å². The van der Waals surface area contributed by atoms with E-state index in [2.05, 4.69) is 0 Å². The molecule has 0 aromatic heterocycles. The number of ether oxygens (including phenoxy) is 2. The summed E-state index contributed by atoms with van der Waals surface area (Å²) in [4.78, 5) is 4.86. The number of nitrogens with zero attached hydrogens (tertiary/aromatic N) is 1. The van der Waals surface area contributed by atoms with Crippen LogP contribution in [-0.2, 0) is 0 Å². The molecule has 24 heavy (non-hydrogen) atoms. The van der Waals surface area contributed by atoms with Gasteiger partial charge in [0.2, 0.25) is 0 Å². The van der Waals surface area contributed by atoms with Gasteiger partial charge >= 0.3 is 0 Å². The molecule has 0 radical (unpaired) electrons. The number of hydrogen-bond acceptors (Lipinski definition) is 3. The van der Waals surface area contributed by atoms with Gasteiger partial charge in [-0.05, 0) is 30.3 Å². The molecule has 0 amide bonds. The molecule has 0 N–H and O–H groups in total. The van der Waals surface area contributed by atoms with Crippen molar-refractivity contribution < 1.29 is 9.47 Å². The smallest absolute Gasteiger partial charge is 0.128 e. The number of methoxy groups -OCH3 is 2. The standard InChI is InChI=1S/C21H19NO2/c1-23-18-13-14-20(24-2)19(15-18)21(16-9-5-3-6-10-16)22-17-11-7-4-8-12-17/h3-15H,1-2H3. The van der Waals surface area contributed by atoms with Gasteiger partial charge in [0.1, 0.15) is 11.5 Å². The van der Waals surface area contributed by atoms with Crippen LogP contribution in [0.15, 0.2) is 83.9 Å². The molecule has 0 unspecified atom stereocenters. The summed E-state index contributed by atoms with van der Waals surface area (Å²) in [5.74, 6) is 1.52. The lowest BCUT2D eigenvalue weighted by molar-refractivity contribution is 0.402. The number of benzene rings is 3. The van der Waals surface area contributed by atoms with Gasteiger partial charge in [-0.1, -0.05) is 48.5 Å². The third kappa shape index (κ3) is 3.46. The molecular formula is C21H19NO2. The van der Waals surface area contributed by atoms with E-state index >= 15 is 0 Å². The van der Waals surface area contributed by atoms with Crippen LogP contribution in [0.4, 0.5) is 5.69 Å². The van der Waals surface area contributed by atoms with Gasteiger partial charge in [-0.2, -0.15) is 0 Å². The first kappa shape index (κ1) is 15.8. The van der Waals surface area contributed by atoms with E-state index in [9.17, 15) is 0 Å². The highest BCUT2D eigenvalue weighted by atomic mass is 16.5. The van der Waals surface area contributed by atoms with Gasteiger partial charge in [0.05, 0.1) is 25.6 Å². The molecule has 0 bridgehead atoms. The topological polar surface area (TPSA) is 30.8 Å². The van der Waals surface area contributed by atoms with Crippen molar-refractivity contribution in [1.29, 1.82) is 0 Å². The Kier molecular flexibility index (Phi) is 4.92.